The first-order valence-electron chi connectivity index (χ1n) is 9.19. The Morgan fingerprint density at radius 2 is 2.15 bits per heavy atom. The van der Waals surface area contributed by atoms with Crippen LogP contribution in [0.25, 0.3) is 0 Å². The topological polar surface area (TPSA) is 96.2 Å². The van der Waals surface area contributed by atoms with Crippen LogP contribution in [0.2, 0.25) is 5.02 Å². The highest BCUT2D eigenvalue weighted by atomic mass is 35.5. The molecule has 0 saturated carbocycles. The van der Waals surface area contributed by atoms with Gasteiger partial charge in [0, 0.05) is 36.8 Å². The SMILES string of the molecule is NC1(C(=O)NCc2cccc(Cl)c2)CCN(c2ncnc3c2CCN3)CC1. The molecular formula is C19H23ClN6O. The molecule has 1 aromatic carbocycles. The first-order valence-corrected chi connectivity index (χ1v) is 9.57. The predicted octanol–water partition coefficient (Wildman–Crippen LogP) is 1.71. The Morgan fingerprint density at radius 3 is 2.93 bits per heavy atom. The molecule has 27 heavy (non-hydrogen) atoms. The molecular weight excluding hydrogens is 364 g/mol. The lowest BCUT2D eigenvalue weighted by molar-refractivity contribution is -0.127. The van der Waals surface area contributed by atoms with E-state index in [2.05, 4.69) is 25.5 Å². The molecule has 142 valence electrons. The number of carbonyl (C=O) groups excluding carboxylic acids is 1. The lowest BCUT2D eigenvalue weighted by Crippen LogP contribution is -2.59. The van der Waals surface area contributed by atoms with Crippen molar-refractivity contribution < 1.29 is 4.79 Å². The molecule has 1 amide bonds. The molecule has 2 aliphatic heterocycles. The second kappa shape index (κ2) is 7.32. The first-order chi connectivity index (χ1) is 13.0. The molecule has 4 N–H and O–H groups in total. The van der Waals surface area contributed by atoms with Gasteiger partial charge in [-0.1, -0.05) is 23.7 Å². The fourth-order valence-electron chi connectivity index (χ4n) is 3.71. The van der Waals surface area contributed by atoms with E-state index in [1.54, 1.807) is 6.33 Å². The number of nitrogens with one attached hydrogen (secondary N) is 2. The number of fused-ring (bicyclic) bond motifs is 1. The Hall–Kier alpha value is -2.38. The smallest absolute Gasteiger partial charge is 0.240 e. The van der Waals surface area contributed by atoms with Crippen LogP contribution in [0.1, 0.15) is 24.0 Å². The van der Waals surface area contributed by atoms with E-state index in [1.165, 1.54) is 0 Å². The van der Waals surface area contributed by atoms with Crippen molar-refractivity contribution in [2.24, 2.45) is 5.73 Å². The monoisotopic (exact) mass is 386 g/mol. The van der Waals surface area contributed by atoms with Crippen LogP contribution < -0.4 is 21.3 Å². The van der Waals surface area contributed by atoms with Gasteiger partial charge in [0.1, 0.15) is 18.0 Å². The van der Waals surface area contributed by atoms with E-state index in [0.717, 1.165) is 35.7 Å². The predicted molar refractivity (Wildman–Crippen MR) is 106 cm³/mol. The van der Waals surface area contributed by atoms with Crippen molar-refractivity contribution in [1.82, 2.24) is 15.3 Å². The van der Waals surface area contributed by atoms with Gasteiger partial charge < -0.3 is 21.3 Å². The molecule has 7 nitrogen and oxygen atoms in total. The summed E-state index contributed by atoms with van der Waals surface area (Å²) in [5.41, 5.74) is 7.70. The lowest BCUT2D eigenvalue weighted by Gasteiger charge is -2.39. The van der Waals surface area contributed by atoms with Crippen LogP contribution in [0.4, 0.5) is 11.6 Å². The number of aromatic nitrogens is 2. The Morgan fingerprint density at radius 1 is 1.33 bits per heavy atom. The summed E-state index contributed by atoms with van der Waals surface area (Å²) in [6.07, 6.45) is 3.69. The van der Waals surface area contributed by atoms with Crippen molar-refractivity contribution in [2.75, 3.05) is 29.9 Å². The highest BCUT2D eigenvalue weighted by Gasteiger charge is 2.38. The van der Waals surface area contributed by atoms with E-state index < -0.39 is 5.54 Å². The van der Waals surface area contributed by atoms with Crippen molar-refractivity contribution in [3.05, 3.63) is 46.7 Å². The van der Waals surface area contributed by atoms with Crippen molar-refractivity contribution in [1.29, 1.82) is 0 Å². The maximum absolute atomic E-state index is 12.7. The van der Waals surface area contributed by atoms with Gasteiger partial charge in [-0.2, -0.15) is 0 Å². The van der Waals surface area contributed by atoms with E-state index in [0.29, 0.717) is 37.5 Å². The van der Waals surface area contributed by atoms with Gasteiger partial charge in [0.15, 0.2) is 0 Å². The molecule has 2 aromatic rings. The summed E-state index contributed by atoms with van der Waals surface area (Å²) in [6.45, 7) is 2.71. The summed E-state index contributed by atoms with van der Waals surface area (Å²) in [5.74, 6) is 1.77. The van der Waals surface area contributed by atoms with Crippen molar-refractivity contribution in [2.45, 2.75) is 31.3 Å². The molecule has 1 saturated heterocycles. The second-order valence-corrected chi connectivity index (χ2v) is 7.59. The average Bonchev–Trinajstić information content (AvgIpc) is 3.16. The Bertz CT molecular complexity index is 850. The van der Waals surface area contributed by atoms with Gasteiger partial charge in [-0.3, -0.25) is 4.79 Å². The Kier molecular flexibility index (Phi) is 4.88. The van der Waals surface area contributed by atoms with E-state index in [9.17, 15) is 4.79 Å². The molecule has 1 aromatic heterocycles. The molecule has 0 spiro atoms. The van der Waals surface area contributed by atoms with Crippen LogP contribution in [0.3, 0.4) is 0 Å². The maximum atomic E-state index is 12.7. The van der Waals surface area contributed by atoms with Crippen LogP contribution in [-0.2, 0) is 17.8 Å². The largest absolute Gasteiger partial charge is 0.369 e. The van der Waals surface area contributed by atoms with Gasteiger partial charge in [-0.05, 0) is 37.0 Å². The molecule has 0 bridgehead atoms. The average molecular weight is 387 g/mol. The van der Waals surface area contributed by atoms with Gasteiger partial charge in [0.2, 0.25) is 5.91 Å². The van der Waals surface area contributed by atoms with Gasteiger partial charge in [0.25, 0.3) is 0 Å². The molecule has 2 aliphatic rings. The van der Waals surface area contributed by atoms with E-state index in [1.807, 2.05) is 24.3 Å². The summed E-state index contributed by atoms with van der Waals surface area (Å²) >= 11 is 5.99. The normalized spacial score (nSPS) is 17.9. The number of hydrogen-bond acceptors (Lipinski definition) is 6. The number of benzene rings is 1. The lowest BCUT2D eigenvalue weighted by atomic mass is 9.87. The van der Waals surface area contributed by atoms with Gasteiger partial charge in [0.05, 0.1) is 5.54 Å². The third-order valence-corrected chi connectivity index (χ3v) is 5.57. The summed E-state index contributed by atoms with van der Waals surface area (Å²) in [4.78, 5) is 23.7. The zero-order valence-electron chi connectivity index (χ0n) is 15.0. The van der Waals surface area contributed by atoms with Crippen molar-refractivity contribution in [3.63, 3.8) is 0 Å². The van der Waals surface area contributed by atoms with Crippen LogP contribution in [0, 0.1) is 0 Å². The number of nitrogens with two attached hydrogens (primary N) is 1. The molecule has 0 unspecified atom stereocenters. The fraction of sp³-hybridized carbons (Fsp3) is 0.421. The van der Waals surface area contributed by atoms with E-state index >= 15 is 0 Å². The molecule has 0 atom stereocenters. The number of carbonyl (C=O) groups is 1. The number of halogens is 1. The highest BCUT2D eigenvalue weighted by Crippen LogP contribution is 2.31. The van der Waals surface area contributed by atoms with Crippen molar-refractivity contribution in [3.8, 4) is 0 Å². The number of amides is 1. The minimum Gasteiger partial charge on any atom is -0.369 e. The van der Waals surface area contributed by atoms with E-state index in [-0.39, 0.29) is 5.91 Å². The summed E-state index contributed by atoms with van der Waals surface area (Å²) in [6, 6.07) is 7.46. The first kappa shape index (κ1) is 18.0. The number of anilines is 2. The van der Waals surface area contributed by atoms with Gasteiger partial charge in [-0.25, -0.2) is 9.97 Å². The molecule has 8 heteroatoms. The third kappa shape index (κ3) is 3.70. The minimum atomic E-state index is -0.858. The maximum Gasteiger partial charge on any atom is 0.240 e. The number of hydrogen-bond donors (Lipinski definition) is 3. The van der Waals surface area contributed by atoms with Crippen LogP contribution >= 0.6 is 11.6 Å². The molecule has 0 radical (unpaired) electrons. The Labute approximate surface area is 163 Å². The number of rotatable bonds is 4. The third-order valence-electron chi connectivity index (χ3n) is 5.34. The number of nitrogens with zero attached hydrogens (tertiary/aromatic N) is 3. The van der Waals surface area contributed by atoms with Crippen LogP contribution in [0.15, 0.2) is 30.6 Å². The summed E-state index contributed by atoms with van der Waals surface area (Å²) in [5, 5.41) is 6.89. The van der Waals surface area contributed by atoms with Crippen LogP contribution in [-0.4, -0.2) is 41.0 Å². The molecule has 3 heterocycles. The molecule has 4 rings (SSSR count). The fourth-order valence-corrected chi connectivity index (χ4v) is 3.93. The van der Waals surface area contributed by atoms with Gasteiger partial charge in [-0.15, -0.1) is 0 Å². The van der Waals surface area contributed by atoms with Gasteiger partial charge >= 0.3 is 0 Å². The quantitative estimate of drug-likeness (QED) is 0.740. The summed E-state index contributed by atoms with van der Waals surface area (Å²) < 4.78 is 0. The zero-order valence-corrected chi connectivity index (χ0v) is 15.8. The second-order valence-electron chi connectivity index (χ2n) is 7.16. The number of piperidine rings is 1. The Balaban J connectivity index is 1.37. The highest BCUT2D eigenvalue weighted by molar-refractivity contribution is 6.30. The van der Waals surface area contributed by atoms with E-state index in [4.69, 9.17) is 17.3 Å². The summed E-state index contributed by atoms with van der Waals surface area (Å²) in [7, 11) is 0. The zero-order chi connectivity index (χ0) is 18.9. The van der Waals surface area contributed by atoms with Crippen molar-refractivity contribution >= 4 is 29.1 Å². The van der Waals surface area contributed by atoms with Crippen LogP contribution in [0.5, 0.6) is 0 Å². The minimum absolute atomic E-state index is 0.114. The molecule has 0 aliphatic carbocycles. The standard InChI is InChI=1S/C19H23ClN6O/c20-14-3-1-2-13(10-14)11-23-18(27)19(21)5-8-26(9-6-19)17-15-4-7-22-16(15)24-12-25-17/h1-3,10,12H,4-9,11,21H2,(H,23,27)(H,22,24,25). The molecule has 1 fully saturated rings.